The first-order valence-corrected chi connectivity index (χ1v) is 5.95. The average Bonchev–Trinajstić information content (AvgIpc) is 2.31. The maximum Gasteiger partial charge on any atom is 0.339 e. The number of benzene rings is 1. The van der Waals surface area contributed by atoms with Gasteiger partial charge in [-0.3, -0.25) is 0 Å². The molecule has 2 N–H and O–H groups in total. The number of nitrogen functional groups attached to an aromatic ring is 1. The van der Waals surface area contributed by atoms with Crippen LogP contribution in [-0.2, 0) is 6.42 Å². The Kier molecular flexibility index (Phi) is 4.32. The van der Waals surface area contributed by atoms with E-state index in [9.17, 15) is 4.79 Å². The predicted molar refractivity (Wildman–Crippen MR) is 72.4 cm³/mol. The van der Waals surface area contributed by atoms with Gasteiger partial charge in [0.15, 0.2) is 0 Å². The number of rotatable bonds is 1. The molecule has 0 aliphatic rings. The molecule has 0 spiro atoms. The SMILES string of the molecule is CC.CCc1c(C)c2ccc(N)cc2oc1=O. The molecule has 0 radical (unpaired) electrons. The third-order valence-corrected chi connectivity index (χ3v) is 2.66. The number of anilines is 1. The first-order chi connectivity index (χ1) is 8.13. The maximum absolute atomic E-state index is 11.6. The number of aryl methyl sites for hydroxylation is 1. The van der Waals surface area contributed by atoms with E-state index in [1.54, 1.807) is 6.07 Å². The van der Waals surface area contributed by atoms with Crippen molar-refractivity contribution < 1.29 is 4.42 Å². The first kappa shape index (κ1) is 13.3. The molecule has 2 rings (SSSR count). The van der Waals surface area contributed by atoms with E-state index in [4.69, 9.17) is 10.2 Å². The van der Waals surface area contributed by atoms with Crippen molar-refractivity contribution in [2.45, 2.75) is 34.1 Å². The molecule has 0 fully saturated rings. The zero-order chi connectivity index (χ0) is 13.0. The third kappa shape index (κ3) is 2.49. The summed E-state index contributed by atoms with van der Waals surface area (Å²) in [7, 11) is 0. The Morgan fingerprint density at radius 3 is 2.53 bits per heavy atom. The van der Waals surface area contributed by atoms with Gasteiger partial charge in [-0.05, 0) is 31.0 Å². The van der Waals surface area contributed by atoms with Crippen LogP contribution >= 0.6 is 0 Å². The smallest absolute Gasteiger partial charge is 0.339 e. The summed E-state index contributed by atoms with van der Waals surface area (Å²) >= 11 is 0. The van der Waals surface area contributed by atoms with Crippen LogP contribution in [0.5, 0.6) is 0 Å². The van der Waals surface area contributed by atoms with E-state index in [1.807, 2.05) is 39.8 Å². The molecule has 92 valence electrons. The van der Waals surface area contributed by atoms with Crippen LogP contribution in [0.4, 0.5) is 5.69 Å². The van der Waals surface area contributed by atoms with E-state index in [-0.39, 0.29) is 5.63 Å². The minimum absolute atomic E-state index is 0.256. The van der Waals surface area contributed by atoms with Gasteiger partial charge in [0.1, 0.15) is 5.58 Å². The molecule has 1 aromatic heterocycles. The standard InChI is InChI=1S/C12H13NO2.C2H6/c1-3-9-7(2)10-5-4-8(13)6-11(10)15-12(9)14;1-2/h4-6H,3,13H2,1-2H3;1-2H3. The molecule has 3 heteroatoms. The molecule has 0 saturated heterocycles. The summed E-state index contributed by atoms with van der Waals surface area (Å²) in [5.74, 6) is 0. The van der Waals surface area contributed by atoms with Gasteiger partial charge in [0.05, 0.1) is 0 Å². The highest BCUT2D eigenvalue weighted by atomic mass is 16.4. The van der Waals surface area contributed by atoms with E-state index >= 15 is 0 Å². The Hall–Kier alpha value is -1.77. The quantitative estimate of drug-likeness (QED) is 0.607. The molecule has 0 aliphatic heterocycles. The fourth-order valence-corrected chi connectivity index (χ4v) is 1.82. The molecular weight excluding hydrogens is 214 g/mol. The normalized spacial score (nSPS) is 9.88. The molecule has 0 saturated carbocycles. The molecule has 0 amide bonds. The molecule has 3 nitrogen and oxygen atoms in total. The fourth-order valence-electron chi connectivity index (χ4n) is 1.82. The van der Waals surface area contributed by atoms with Crippen molar-refractivity contribution in [1.82, 2.24) is 0 Å². The highest BCUT2D eigenvalue weighted by Gasteiger charge is 2.09. The van der Waals surface area contributed by atoms with Gasteiger partial charge in [-0.2, -0.15) is 0 Å². The summed E-state index contributed by atoms with van der Waals surface area (Å²) in [6.45, 7) is 7.89. The average molecular weight is 233 g/mol. The highest BCUT2D eigenvalue weighted by Crippen LogP contribution is 2.21. The van der Waals surface area contributed by atoms with Gasteiger partial charge in [-0.25, -0.2) is 4.79 Å². The Morgan fingerprint density at radius 2 is 1.94 bits per heavy atom. The third-order valence-electron chi connectivity index (χ3n) is 2.66. The lowest BCUT2D eigenvalue weighted by molar-refractivity contribution is 0.550. The Balaban J connectivity index is 0.000000686. The predicted octanol–water partition coefficient (Wildman–Crippen LogP) is 3.27. The van der Waals surface area contributed by atoms with Crippen LogP contribution in [0.3, 0.4) is 0 Å². The molecule has 0 atom stereocenters. The number of fused-ring (bicyclic) bond motifs is 1. The van der Waals surface area contributed by atoms with E-state index in [1.165, 1.54) is 0 Å². The van der Waals surface area contributed by atoms with Crippen LogP contribution in [0.25, 0.3) is 11.0 Å². The number of hydrogen-bond donors (Lipinski definition) is 1. The van der Waals surface area contributed by atoms with Crippen molar-refractivity contribution in [2.75, 3.05) is 5.73 Å². The second kappa shape index (κ2) is 5.53. The van der Waals surface area contributed by atoms with Gasteiger partial charge in [-0.15, -0.1) is 0 Å². The van der Waals surface area contributed by atoms with Crippen LogP contribution in [0.1, 0.15) is 31.9 Å². The zero-order valence-corrected chi connectivity index (χ0v) is 10.8. The van der Waals surface area contributed by atoms with Crippen molar-refractivity contribution in [3.8, 4) is 0 Å². The van der Waals surface area contributed by atoms with Crippen LogP contribution in [0.15, 0.2) is 27.4 Å². The summed E-state index contributed by atoms with van der Waals surface area (Å²) < 4.78 is 5.21. The molecule has 0 aliphatic carbocycles. The van der Waals surface area contributed by atoms with Crippen molar-refractivity contribution >= 4 is 16.7 Å². The topological polar surface area (TPSA) is 56.2 Å². The molecule has 2 aromatic rings. The maximum atomic E-state index is 11.6. The van der Waals surface area contributed by atoms with E-state index in [0.29, 0.717) is 17.7 Å². The van der Waals surface area contributed by atoms with Crippen molar-refractivity contribution in [2.24, 2.45) is 0 Å². The fraction of sp³-hybridized carbons (Fsp3) is 0.357. The summed E-state index contributed by atoms with van der Waals surface area (Å²) in [5, 5.41) is 0.959. The first-order valence-electron chi connectivity index (χ1n) is 5.95. The largest absolute Gasteiger partial charge is 0.422 e. The lowest BCUT2D eigenvalue weighted by Gasteiger charge is -2.05. The summed E-state index contributed by atoms with van der Waals surface area (Å²) in [4.78, 5) is 11.6. The van der Waals surface area contributed by atoms with Gasteiger partial charge < -0.3 is 10.2 Å². The Morgan fingerprint density at radius 1 is 1.29 bits per heavy atom. The Bertz CT molecular complexity index is 570. The van der Waals surface area contributed by atoms with Gasteiger partial charge >= 0.3 is 5.63 Å². The second-order valence-corrected chi connectivity index (χ2v) is 3.60. The Labute approximate surface area is 101 Å². The zero-order valence-electron chi connectivity index (χ0n) is 10.8. The van der Waals surface area contributed by atoms with E-state index in [0.717, 1.165) is 16.5 Å². The lowest BCUT2D eigenvalue weighted by Crippen LogP contribution is -2.09. The van der Waals surface area contributed by atoms with E-state index < -0.39 is 0 Å². The number of nitrogens with two attached hydrogens (primary N) is 1. The van der Waals surface area contributed by atoms with Crippen molar-refractivity contribution in [3.05, 3.63) is 39.7 Å². The van der Waals surface area contributed by atoms with E-state index in [2.05, 4.69) is 0 Å². The summed E-state index contributed by atoms with van der Waals surface area (Å²) in [6.07, 6.45) is 0.689. The molecule has 0 unspecified atom stereocenters. The molecule has 0 bridgehead atoms. The monoisotopic (exact) mass is 233 g/mol. The van der Waals surface area contributed by atoms with Gasteiger partial charge in [-0.1, -0.05) is 20.8 Å². The second-order valence-electron chi connectivity index (χ2n) is 3.60. The molecule has 1 heterocycles. The number of hydrogen-bond acceptors (Lipinski definition) is 3. The minimum atomic E-state index is -0.256. The molecule has 17 heavy (non-hydrogen) atoms. The van der Waals surface area contributed by atoms with Crippen molar-refractivity contribution in [1.29, 1.82) is 0 Å². The summed E-state index contributed by atoms with van der Waals surface area (Å²) in [5.41, 5.74) is 8.28. The van der Waals surface area contributed by atoms with Crippen LogP contribution < -0.4 is 11.4 Å². The van der Waals surface area contributed by atoms with Crippen LogP contribution in [0.2, 0.25) is 0 Å². The van der Waals surface area contributed by atoms with Crippen LogP contribution in [-0.4, -0.2) is 0 Å². The molecular formula is C14H19NO2. The van der Waals surface area contributed by atoms with Gasteiger partial charge in [0.2, 0.25) is 0 Å². The van der Waals surface area contributed by atoms with Crippen LogP contribution in [0, 0.1) is 6.92 Å². The van der Waals surface area contributed by atoms with Crippen molar-refractivity contribution in [3.63, 3.8) is 0 Å². The highest BCUT2D eigenvalue weighted by molar-refractivity contribution is 5.83. The van der Waals surface area contributed by atoms with Gasteiger partial charge in [0, 0.05) is 22.7 Å². The van der Waals surface area contributed by atoms with Gasteiger partial charge in [0.25, 0.3) is 0 Å². The lowest BCUT2D eigenvalue weighted by atomic mass is 10.0. The summed E-state index contributed by atoms with van der Waals surface area (Å²) in [6, 6.07) is 5.39. The minimum Gasteiger partial charge on any atom is -0.422 e. The molecule has 1 aromatic carbocycles.